The van der Waals surface area contributed by atoms with Gasteiger partial charge in [-0.05, 0) is 60.9 Å². The minimum atomic E-state index is -4.62. The first-order valence-corrected chi connectivity index (χ1v) is 11.6. The van der Waals surface area contributed by atoms with Gasteiger partial charge in [-0.1, -0.05) is 18.2 Å². The lowest BCUT2D eigenvalue weighted by Crippen LogP contribution is -2.42. The summed E-state index contributed by atoms with van der Waals surface area (Å²) in [6.07, 6.45) is -2.69. The quantitative estimate of drug-likeness (QED) is 0.256. The molecule has 184 valence electrons. The molecule has 3 N–H and O–H groups in total. The number of carbonyl (C=O) groups is 2. The molecule has 0 heterocycles. The summed E-state index contributed by atoms with van der Waals surface area (Å²) in [5.74, 6) is -0.699. The van der Waals surface area contributed by atoms with Gasteiger partial charge in [-0.25, -0.2) is 14.0 Å². The van der Waals surface area contributed by atoms with Gasteiger partial charge in [0.1, 0.15) is 5.82 Å². The van der Waals surface area contributed by atoms with Gasteiger partial charge >= 0.3 is 18.2 Å². The molecular formula is C24H22F4N4O2S. The van der Waals surface area contributed by atoms with Crippen LogP contribution in [0.3, 0.4) is 0 Å². The van der Waals surface area contributed by atoms with Crippen molar-refractivity contribution >= 4 is 40.9 Å². The number of carbonyl (C=O) groups excluding carboxylic acids is 2. The molecule has 11 heteroatoms. The first-order valence-electron chi connectivity index (χ1n) is 10.4. The zero-order chi connectivity index (χ0) is 25.4. The van der Waals surface area contributed by atoms with Gasteiger partial charge in [-0.15, -0.1) is 11.8 Å². The first-order chi connectivity index (χ1) is 16.7. The predicted octanol–water partition coefficient (Wildman–Crippen LogP) is 6.43. The molecule has 3 aromatic carbocycles. The number of urea groups is 2. The van der Waals surface area contributed by atoms with Crippen LogP contribution in [0.5, 0.6) is 0 Å². The van der Waals surface area contributed by atoms with Crippen molar-refractivity contribution in [3.8, 4) is 0 Å². The van der Waals surface area contributed by atoms with Gasteiger partial charge in [0.05, 0.1) is 11.3 Å². The van der Waals surface area contributed by atoms with Crippen LogP contribution in [-0.2, 0) is 6.18 Å². The van der Waals surface area contributed by atoms with E-state index in [4.69, 9.17) is 0 Å². The molecule has 3 rings (SSSR count). The molecule has 0 saturated carbocycles. The van der Waals surface area contributed by atoms with Gasteiger partial charge in [0, 0.05) is 29.4 Å². The van der Waals surface area contributed by atoms with E-state index in [1.165, 1.54) is 30.3 Å². The summed E-state index contributed by atoms with van der Waals surface area (Å²) >= 11 is 1.55. The molecule has 0 atom stereocenters. The smallest absolute Gasteiger partial charge is 0.336 e. The number of nitrogens with one attached hydrogen (secondary N) is 3. The number of halogens is 4. The van der Waals surface area contributed by atoms with Gasteiger partial charge in [0.25, 0.3) is 0 Å². The Balaban J connectivity index is 1.72. The normalized spacial score (nSPS) is 11.0. The predicted molar refractivity (Wildman–Crippen MR) is 129 cm³/mol. The second-order valence-electron chi connectivity index (χ2n) is 7.22. The van der Waals surface area contributed by atoms with Crippen LogP contribution >= 0.6 is 11.8 Å². The molecule has 0 aliphatic carbocycles. The second-order valence-corrected chi connectivity index (χ2v) is 8.10. The van der Waals surface area contributed by atoms with Crippen LogP contribution in [0.25, 0.3) is 0 Å². The van der Waals surface area contributed by atoms with Crippen LogP contribution in [0, 0.1) is 5.82 Å². The maximum Gasteiger partial charge on any atom is 0.416 e. The van der Waals surface area contributed by atoms with Crippen molar-refractivity contribution in [3.05, 3.63) is 84.2 Å². The van der Waals surface area contributed by atoms with Gasteiger partial charge in [-0.3, -0.25) is 4.90 Å². The number of thioether (sulfide) groups is 1. The van der Waals surface area contributed by atoms with E-state index in [1.54, 1.807) is 23.9 Å². The summed E-state index contributed by atoms with van der Waals surface area (Å²) < 4.78 is 53.6. The Hall–Kier alpha value is -3.73. The number of anilines is 3. The molecule has 0 aliphatic heterocycles. The lowest BCUT2D eigenvalue weighted by molar-refractivity contribution is -0.137. The van der Waals surface area contributed by atoms with Crippen molar-refractivity contribution in [2.45, 2.75) is 11.1 Å². The maximum absolute atomic E-state index is 14.0. The molecule has 0 radical (unpaired) electrons. The van der Waals surface area contributed by atoms with Crippen molar-refractivity contribution in [1.29, 1.82) is 0 Å². The highest BCUT2D eigenvalue weighted by atomic mass is 32.2. The van der Waals surface area contributed by atoms with Gasteiger partial charge in [0.15, 0.2) is 0 Å². The third-order valence-electron chi connectivity index (χ3n) is 4.81. The zero-order valence-electron chi connectivity index (χ0n) is 18.5. The summed E-state index contributed by atoms with van der Waals surface area (Å²) in [6.45, 7) is -0.268. The number of nitrogens with zero attached hydrogens (tertiary/aromatic N) is 1. The lowest BCUT2D eigenvalue weighted by Gasteiger charge is -2.24. The van der Waals surface area contributed by atoms with Crippen molar-refractivity contribution in [1.82, 2.24) is 5.32 Å². The Kier molecular flexibility index (Phi) is 8.58. The molecule has 4 amide bonds. The van der Waals surface area contributed by atoms with E-state index in [-0.39, 0.29) is 24.5 Å². The minimum Gasteiger partial charge on any atom is -0.336 e. The SMILES string of the molecule is CSc1ccc(NC(=O)NCCN(C(=O)Nc2ccccc2F)c2cccc(C(F)(F)F)c2)cc1. The topological polar surface area (TPSA) is 73.5 Å². The molecule has 0 unspecified atom stereocenters. The molecule has 0 spiro atoms. The van der Waals surface area contributed by atoms with Gasteiger partial charge in [-0.2, -0.15) is 13.2 Å². The summed E-state index contributed by atoms with van der Waals surface area (Å²) in [4.78, 5) is 27.1. The van der Waals surface area contributed by atoms with Crippen molar-refractivity contribution < 1.29 is 27.2 Å². The van der Waals surface area contributed by atoms with Crippen LogP contribution in [0.4, 0.5) is 44.2 Å². The van der Waals surface area contributed by atoms with Gasteiger partial charge in [0.2, 0.25) is 0 Å². The summed E-state index contributed by atoms with van der Waals surface area (Å²) in [7, 11) is 0. The molecule has 0 aromatic heterocycles. The Morgan fingerprint density at radius 3 is 2.31 bits per heavy atom. The van der Waals surface area contributed by atoms with E-state index in [9.17, 15) is 27.2 Å². The second kappa shape index (κ2) is 11.6. The Morgan fingerprint density at radius 2 is 1.66 bits per heavy atom. The fraction of sp³-hybridized carbons (Fsp3) is 0.167. The lowest BCUT2D eigenvalue weighted by atomic mass is 10.2. The fourth-order valence-electron chi connectivity index (χ4n) is 3.07. The van der Waals surface area contributed by atoms with Crippen LogP contribution in [-0.4, -0.2) is 31.4 Å². The minimum absolute atomic E-state index is 0.0662. The largest absolute Gasteiger partial charge is 0.416 e. The number of hydrogen-bond acceptors (Lipinski definition) is 3. The average molecular weight is 507 g/mol. The first kappa shape index (κ1) is 25.9. The third-order valence-corrected chi connectivity index (χ3v) is 5.56. The highest BCUT2D eigenvalue weighted by Gasteiger charge is 2.31. The van der Waals surface area contributed by atoms with Crippen LogP contribution in [0.1, 0.15) is 5.56 Å². The summed E-state index contributed by atoms with van der Waals surface area (Å²) in [5.41, 5.74) is -0.595. The number of hydrogen-bond donors (Lipinski definition) is 3. The third kappa shape index (κ3) is 7.38. The monoisotopic (exact) mass is 506 g/mol. The number of rotatable bonds is 7. The maximum atomic E-state index is 14.0. The molecule has 6 nitrogen and oxygen atoms in total. The van der Waals surface area contributed by atoms with Crippen molar-refractivity contribution in [3.63, 3.8) is 0 Å². The van der Waals surface area contributed by atoms with E-state index >= 15 is 0 Å². The highest BCUT2D eigenvalue weighted by Crippen LogP contribution is 2.32. The van der Waals surface area contributed by atoms with Crippen molar-refractivity contribution in [2.24, 2.45) is 0 Å². The Bertz CT molecular complexity index is 1170. The van der Waals surface area contributed by atoms with E-state index in [1.807, 2.05) is 18.4 Å². The average Bonchev–Trinajstić information content (AvgIpc) is 2.83. The number of alkyl halides is 3. The Labute approximate surface area is 203 Å². The Morgan fingerprint density at radius 1 is 0.943 bits per heavy atom. The molecular weight excluding hydrogens is 484 g/mol. The van der Waals surface area contributed by atoms with Crippen LogP contribution in [0.15, 0.2) is 77.7 Å². The molecule has 35 heavy (non-hydrogen) atoms. The van der Waals surface area contributed by atoms with Gasteiger partial charge < -0.3 is 16.0 Å². The van der Waals surface area contributed by atoms with Crippen LogP contribution in [0.2, 0.25) is 0 Å². The van der Waals surface area contributed by atoms with Crippen LogP contribution < -0.4 is 20.9 Å². The van der Waals surface area contributed by atoms with E-state index in [2.05, 4.69) is 16.0 Å². The molecule has 0 bridgehead atoms. The van der Waals surface area contributed by atoms with E-state index in [0.29, 0.717) is 5.69 Å². The van der Waals surface area contributed by atoms with E-state index in [0.717, 1.165) is 28.0 Å². The molecule has 0 aliphatic rings. The van der Waals surface area contributed by atoms with Crippen molar-refractivity contribution in [2.75, 3.05) is 34.9 Å². The number of amides is 4. The summed E-state index contributed by atoms with van der Waals surface area (Å²) in [5, 5.41) is 7.55. The standard InChI is InChI=1S/C24H22F4N4O2S/c1-35-19-11-9-17(10-12-19)30-22(33)29-13-14-32(18-6-4-5-16(15-18)24(26,27)28)23(34)31-21-8-3-2-7-20(21)25/h2-12,15H,13-14H2,1H3,(H,31,34)(H2,29,30,33). The number of benzene rings is 3. The van der Waals surface area contributed by atoms with E-state index < -0.39 is 29.6 Å². The molecule has 0 fully saturated rings. The zero-order valence-corrected chi connectivity index (χ0v) is 19.3. The fourth-order valence-corrected chi connectivity index (χ4v) is 3.48. The summed E-state index contributed by atoms with van der Waals surface area (Å²) in [6, 6.07) is 15.3. The molecule has 0 saturated heterocycles. The number of para-hydroxylation sites is 1. The highest BCUT2D eigenvalue weighted by molar-refractivity contribution is 7.98. The molecule has 3 aromatic rings.